The number of ketones is 1. The quantitative estimate of drug-likeness (QED) is 0.549. The Morgan fingerprint density at radius 3 is 2.39 bits per heavy atom. The van der Waals surface area contributed by atoms with Crippen LogP contribution in [0.1, 0.15) is 34.8 Å². The molecule has 1 aromatic heterocycles. The molecule has 0 bridgehead atoms. The number of H-pyrrole nitrogens is 1. The summed E-state index contributed by atoms with van der Waals surface area (Å²) in [6.07, 6.45) is -0.125. The lowest BCUT2D eigenvalue weighted by Gasteiger charge is -2.34. The van der Waals surface area contributed by atoms with Crippen molar-refractivity contribution in [2.24, 2.45) is 0 Å². The Hall–Kier alpha value is -3.25. The lowest BCUT2D eigenvalue weighted by molar-refractivity contribution is 0.101. The molecule has 6 heteroatoms. The van der Waals surface area contributed by atoms with E-state index in [9.17, 15) is 4.79 Å². The molecule has 0 spiro atoms. The van der Waals surface area contributed by atoms with Crippen LogP contribution >= 0.6 is 0 Å². The number of aromatic amines is 1. The standard InChI is InChI=1S/C25H29N5O/c1-16-22(17(2)31)23(18-7-5-4-6-8-18)24(26-16)25-27-20-10-9-19(15-21(20)28-25)30-13-11-29(3)12-14-30/h4-10,15,25-28H,11-14H2,1-3H3. The van der Waals surface area contributed by atoms with Crippen LogP contribution in [0.3, 0.4) is 0 Å². The van der Waals surface area contributed by atoms with Crippen molar-refractivity contribution in [2.45, 2.75) is 20.0 Å². The van der Waals surface area contributed by atoms with Gasteiger partial charge in [0, 0.05) is 48.7 Å². The van der Waals surface area contributed by atoms with Gasteiger partial charge in [-0.2, -0.15) is 0 Å². The van der Waals surface area contributed by atoms with Crippen molar-refractivity contribution in [1.82, 2.24) is 9.88 Å². The lowest BCUT2D eigenvalue weighted by atomic mass is 9.97. The van der Waals surface area contributed by atoms with Crippen molar-refractivity contribution in [3.05, 3.63) is 65.5 Å². The van der Waals surface area contributed by atoms with E-state index in [0.29, 0.717) is 0 Å². The first-order valence-corrected chi connectivity index (χ1v) is 10.9. The van der Waals surface area contributed by atoms with Crippen molar-refractivity contribution >= 4 is 22.8 Å². The minimum Gasteiger partial charge on any atom is -0.369 e. The molecular weight excluding hydrogens is 386 g/mol. The molecule has 2 aromatic carbocycles. The second-order valence-electron chi connectivity index (χ2n) is 8.58. The van der Waals surface area contributed by atoms with Gasteiger partial charge in [-0.25, -0.2) is 0 Å². The van der Waals surface area contributed by atoms with E-state index >= 15 is 0 Å². The Balaban J connectivity index is 1.48. The van der Waals surface area contributed by atoms with Crippen molar-refractivity contribution in [3.63, 3.8) is 0 Å². The normalized spacial score (nSPS) is 18.4. The highest BCUT2D eigenvalue weighted by Crippen LogP contribution is 2.42. The fourth-order valence-corrected chi connectivity index (χ4v) is 4.74. The van der Waals surface area contributed by atoms with Crippen LogP contribution < -0.4 is 15.5 Å². The molecule has 3 N–H and O–H groups in total. The van der Waals surface area contributed by atoms with E-state index in [0.717, 1.165) is 65.6 Å². The van der Waals surface area contributed by atoms with Gasteiger partial charge in [0.1, 0.15) is 6.17 Å². The number of hydrogen-bond acceptors (Lipinski definition) is 5. The van der Waals surface area contributed by atoms with Crippen LogP contribution in [0.2, 0.25) is 0 Å². The molecule has 2 aliphatic rings. The number of fused-ring (bicyclic) bond motifs is 1. The largest absolute Gasteiger partial charge is 0.369 e. The number of aromatic nitrogens is 1. The molecule has 160 valence electrons. The molecule has 3 aromatic rings. The Morgan fingerprint density at radius 1 is 0.968 bits per heavy atom. The fourth-order valence-electron chi connectivity index (χ4n) is 4.74. The summed E-state index contributed by atoms with van der Waals surface area (Å²) in [6, 6.07) is 16.7. The molecule has 31 heavy (non-hydrogen) atoms. The van der Waals surface area contributed by atoms with Crippen molar-refractivity contribution < 1.29 is 4.79 Å². The third-order valence-corrected chi connectivity index (χ3v) is 6.39. The number of carbonyl (C=O) groups is 1. The SMILES string of the molecule is CC(=O)c1c(C)[nH]c(C2Nc3ccc(N4CCN(C)CC4)cc3N2)c1-c1ccccc1. The summed E-state index contributed by atoms with van der Waals surface area (Å²) in [5.41, 5.74) is 8.10. The van der Waals surface area contributed by atoms with Gasteiger partial charge in [-0.3, -0.25) is 4.79 Å². The molecule has 0 radical (unpaired) electrons. The maximum Gasteiger partial charge on any atom is 0.162 e. The van der Waals surface area contributed by atoms with Crippen LogP contribution in [0.5, 0.6) is 0 Å². The zero-order valence-corrected chi connectivity index (χ0v) is 18.3. The number of Topliss-reactive ketones (excluding diaryl/α,β-unsaturated/α-hetero) is 1. The zero-order chi connectivity index (χ0) is 21.5. The monoisotopic (exact) mass is 415 g/mol. The van der Waals surface area contributed by atoms with Gasteiger partial charge in [0.15, 0.2) is 5.78 Å². The number of anilines is 3. The molecule has 3 heterocycles. The molecule has 5 rings (SSSR count). The van der Waals surface area contributed by atoms with Gasteiger partial charge in [0.05, 0.1) is 17.1 Å². The number of aryl methyl sites for hydroxylation is 1. The van der Waals surface area contributed by atoms with Gasteiger partial charge in [0.2, 0.25) is 0 Å². The van der Waals surface area contributed by atoms with Gasteiger partial charge < -0.3 is 25.4 Å². The molecule has 6 nitrogen and oxygen atoms in total. The van der Waals surface area contributed by atoms with E-state index in [1.54, 1.807) is 6.92 Å². The van der Waals surface area contributed by atoms with E-state index in [1.165, 1.54) is 5.69 Å². The van der Waals surface area contributed by atoms with Crippen LogP contribution in [-0.4, -0.2) is 48.9 Å². The summed E-state index contributed by atoms with van der Waals surface area (Å²) in [5.74, 6) is 0.0757. The number of piperazine rings is 1. The second-order valence-corrected chi connectivity index (χ2v) is 8.58. The highest BCUT2D eigenvalue weighted by Gasteiger charge is 2.29. The van der Waals surface area contributed by atoms with E-state index in [1.807, 2.05) is 25.1 Å². The van der Waals surface area contributed by atoms with Gasteiger partial charge >= 0.3 is 0 Å². The summed E-state index contributed by atoms with van der Waals surface area (Å²) in [5, 5.41) is 7.24. The Kier molecular flexibility index (Phi) is 4.94. The summed E-state index contributed by atoms with van der Waals surface area (Å²) >= 11 is 0. The number of nitrogens with zero attached hydrogens (tertiary/aromatic N) is 2. The Morgan fingerprint density at radius 2 is 1.68 bits per heavy atom. The van der Waals surface area contributed by atoms with Crippen LogP contribution in [-0.2, 0) is 0 Å². The topological polar surface area (TPSA) is 63.4 Å². The molecule has 1 saturated heterocycles. The van der Waals surface area contributed by atoms with E-state index < -0.39 is 0 Å². The summed E-state index contributed by atoms with van der Waals surface area (Å²) < 4.78 is 0. The molecule has 0 amide bonds. The van der Waals surface area contributed by atoms with Gasteiger partial charge in [-0.05, 0) is 44.7 Å². The number of rotatable bonds is 4. The molecular formula is C25H29N5O. The predicted molar refractivity (Wildman–Crippen MR) is 127 cm³/mol. The average molecular weight is 416 g/mol. The first-order valence-electron chi connectivity index (χ1n) is 10.9. The van der Waals surface area contributed by atoms with E-state index in [2.05, 4.69) is 62.8 Å². The lowest BCUT2D eigenvalue weighted by Crippen LogP contribution is -2.44. The molecule has 2 aliphatic heterocycles. The number of hydrogen-bond donors (Lipinski definition) is 3. The summed E-state index contributed by atoms with van der Waals surface area (Å²) in [6.45, 7) is 7.87. The summed E-state index contributed by atoms with van der Waals surface area (Å²) in [4.78, 5) is 20.8. The average Bonchev–Trinajstić information content (AvgIpc) is 3.35. The minimum absolute atomic E-state index is 0.0757. The van der Waals surface area contributed by atoms with Crippen LogP contribution in [0.4, 0.5) is 17.1 Å². The van der Waals surface area contributed by atoms with Crippen molar-refractivity contribution in [3.8, 4) is 11.1 Å². The van der Waals surface area contributed by atoms with Gasteiger partial charge in [0.25, 0.3) is 0 Å². The smallest absolute Gasteiger partial charge is 0.162 e. The summed E-state index contributed by atoms with van der Waals surface area (Å²) in [7, 11) is 2.17. The Labute approximate surface area is 183 Å². The minimum atomic E-state index is -0.125. The van der Waals surface area contributed by atoms with Gasteiger partial charge in [-0.15, -0.1) is 0 Å². The number of carbonyl (C=O) groups excluding carboxylic acids is 1. The highest BCUT2D eigenvalue weighted by molar-refractivity contribution is 6.03. The second kappa shape index (κ2) is 7.78. The first-order chi connectivity index (χ1) is 15.0. The molecule has 1 fully saturated rings. The van der Waals surface area contributed by atoms with Crippen molar-refractivity contribution in [1.29, 1.82) is 0 Å². The van der Waals surface area contributed by atoms with E-state index in [4.69, 9.17) is 0 Å². The van der Waals surface area contributed by atoms with Crippen molar-refractivity contribution in [2.75, 3.05) is 48.8 Å². The zero-order valence-electron chi connectivity index (χ0n) is 18.3. The fraction of sp³-hybridized carbons (Fsp3) is 0.320. The predicted octanol–water partition coefficient (Wildman–Crippen LogP) is 4.48. The molecule has 0 saturated carbocycles. The molecule has 1 unspecified atom stereocenters. The maximum absolute atomic E-state index is 12.5. The molecule has 0 aliphatic carbocycles. The Bertz CT molecular complexity index is 1110. The first kappa shape index (κ1) is 19.7. The van der Waals surface area contributed by atoms with E-state index in [-0.39, 0.29) is 11.9 Å². The van der Waals surface area contributed by atoms with Crippen LogP contribution in [0.15, 0.2) is 48.5 Å². The number of nitrogens with one attached hydrogen (secondary N) is 3. The van der Waals surface area contributed by atoms with Crippen LogP contribution in [0.25, 0.3) is 11.1 Å². The van der Waals surface area contributed by atoms with Gasteiger partial charge in [-0.1, -0.05) is 30.3 Å². The molecule has 1 atom stereocenters. The third-order valence-electron chi connectivity index (χ3n) is 6.39. The number of benzene rings is 2. The van der Waals surface area contributed by atoms with Crippen LogP contribution in [0, 0.1) is 6.92 Å². The maximum atomic E-state index is 12.5. The number of likely N-dealkylation sites (N-methyl/N-ethyl adjacent to an activating group) is 1. The highest BCUT2D eigenvalue weighted by atomic mass is 16.1. The third kappa shape index (κ3) is 3.57.